The van der Waals surface area contributed by atoms with Crippen LogP contribution in [-0.2, 0) is 22.2 Å². The lowest BCUT2D eigenvalue weighted by Crippen LogP contribution is -2.22. The average molecular weight is 572 g/mol. The van der Waals surface area contributed by atoms with Gasteiger partial charge in [0, 0.05) is 21.5 Å². The molecule has 1 aliphatic carbocycles. The van der Waals surface area contributed by atoms with Gasteiger partial charge in [0.15, 0.2) is 0 Å². The number of anilines is 1. The van der Waals surface area contributed by atoms with Crippen molar-refractivity contribution in [3.63, 3.8) is 0 Å². The SMILES string of the molecule is CCOC(=O)c1c(-c2ccc(F)cc2)oc2cc(N(Cc3cccc(Br)c3)[SH](=O)=O)c(C3CC3)cc12. The van der Waals surface area contributed by atoms with Crippen LogP contribution in [0, 0.1) is 5.82 Å². The molecule has 4 aromatic rings. The second-order valence-electron chi connectivity index (χ2n) is 8.64. The van der Waals surface area contributed by atoms with E-state index in [1.165, 1.54) is 28.6 Å². The largest absolute Gasteiger partial charge is 0.462 e. The van der Waals surface area contributed by atoms with Gasteiger partial charge in [0.25, 0.3) is 0 Å². The molecule has 1 fully saturated rings. The van der Waals surface area contributed by atoms with Crippen LogP contribution in [0.25, 0.3) is 22.3 Å². The third-order valence-corrected chi connectivity index (χ3v) is 7.38. The predicted octanol–water partition coefficient (Wildman–Crippen LogP) is 6.59. The molecule has 1 saturated carbocycles. The first-order chi connectivity index (χ1) is 17.4. The first kappa shape index (κ1) is 24.5. The number of rotatable bonds is 8. The number of carbonyl (C=O) groups is 1. The maximum Gasteiger partial charge on any atom is 0.342 e. The number of ether oxygens (including phenoxy) is 1. The highest BCUT2D eigenvalue weighted by Gasteiger charge is 2.32. The lowest BCUT2D eigenvalue weighted by molar-refractivity contribution is 0.0528. The molecule has 0 aliphatic heterocycles. The third kappa shape index (κ3) is 4.90. The van der Waals surface area contributed by atoms with E-state index in [9.17, 15) is 17.6 Å². The van der Waals surface area contributed by atoms with Gasteiger partial charge in [-0.1, -0.05) is 28.1 Å². The summed E-state index contributed by atoms with van der Waals surface area (Å²) in [5, 5.41) is 0.543. The molecule has 0 N–H and O–H groups in total. The Bertz CT molecular complexity index is 1520. The van der Waals surface area contributed by atoms with Gasteiger partial charge in [0.1, 0.15) is 22.7 Å². The number of carbonyl (C=O) groups excluding carboxylic acids is 1. The van der Waals surface area contributed by atoms with Gasteiger partial charge in [0.2, 0.25) is 10.9 Å². The van der Waals surface area contributed by atoms with Crippen LogP contribution in [0.5, 0.6) is 0 Å². The van der Waals surface area contributed by atoms with Gasteiger partial charge >= 0.3 is 5.97 Å². The van der Waals surface area contributed by atoms with Gasteiger partial charge < -0.3 is 9.15 Å². The first-order valence-electron chi connectivity index (χ1n) is 11.6. The van der Waals surface area contributed by atoms with Crippen molar-refractivity contribution in [2.45, 2.75) is 32.2 Å². The number of halogens is 2. The quantitative estimate of drug-likeness (QED) is 0.191. The molecule has 0 amide bonds. The number of nitrogens with zero attached hydrogens (tertiary/aromatic N) is 1. The fourth-order valence-corrected chi connectivity index (χ4v) is 5.42. The van der Waals surface area contributed by atoms with E-state index in [0.717, 1.165) is 28.4 Å². The van der Waals surface area contributed by atoms with Crippen LogP contribution in [0.2, 0.25) is 0 Å². The number of benzene rings is 3. The molecule has 0 bridgehead atoms. The van der Waals surface area contributed by atoms with E-state index >= 15 is 0 Å². The van der Waals surface area contributed by atoms with Gasteiger partial charge in [-0.15, -0.1) is 0 Å². The highest BCUT2D eigenvalue weighted by Crippen LogP contribution is 2.48. The van der Waals surface area contributed by atoms with E-state index in [-0.39, 0.29) is 30.4 Å². The van der Waals surface area contributed by atoms with Crippen molar-refractivity contribution in [2.75, 3.05) is 10.9 Å². The molecular weight excluding hydrogens is 549 g/mol. The number of fused-ring (bicyclic) bond motifs is 1. The molecule has 3 aromatic carbocycles. The highest BCUT2D eigenvalue weighted by molar-refractivity contribution is 9.10. The molecule has 1 heterocycles. The number of hydrogen-bond acceptors (Lipinski definition) is 5. The average Bonchev–Trinajstić information content (AvgIpc) is 3.62. The zero-order valence-electron chi connectivity index (χ0n) is 19.4. The second-order valence-corrected chi connectivity index (χ2v) is 10.5. The molecule has 0 radical (unpaired) electrons. The molecule has 0 atom stereocenters. The molecule has 9 heteroatoms. The minimum absolute atomic E-state index is 0.152. The maximum absolute atomic E-state index is 13.6. The van der Waals surface area contributed by atoms with Crippen LogP contribution in [0.3, 0.4) is 0 Å². The van der Waals surface area contributed by atoms with Gasteiger partial charge in [-0.3, -0.25) is 4.31 Å². The molecule has 1 aliphatic rings. The van der Waals surface area contributed by atoms with Gasteiger partial charge in [0.05, 0.1) is 18.8 Å². The Labute approximate surface area is 217 Å². The normalized spacial score (nSPS) is 13.3. The highest BCUT2D eigenvalue weighted by atomic mass is 79.9. The Morgan fingerprint density at radius 1 is 1.14 bits per heavy atom. The Morgan fingerprint density at radius 2 is 1.89 bits per heavy atom. The van der Waals surface area contributed by atoms with Gasteiger partial charge in [-0.05, 0) is 79.3 Å². The van der Waals surface area contributed by atoms with E-state index in [1.54, 1.807) is 13.0 Å². The fraction of sp³-hybridized carbons (Fsp3) is 0.222. The number of furan rings is 1. The van der Waals surface area contributed by atoms with Crippen molar-refractivity contribution in [3.05, 3.63) is 87.6 Å². The van der Waals surface area contributed by atoms with E-state index in [2.05, 4.69) is 15.9 Å². The second kappa shape index (κ2) is 10.1. The summed E-state index contributed by atoms with van der Waals surface area (Å²) in [6.07, 6.45) is 1.85. The van der Waals surface area contributed by atoms with Crippen LogP contribution < -0.4 is 4.31 Å². The Kier molecular flexibility index (Phi) is 6.85. The van der Waals surface area contributed by atoms with Crippen LogP contribution in [0.15, 0.2) is 69.6 Å². The summed E-state index contributed by atoms with van der Waals surface area (Å²) in [4.78, 5) is 13.0. The summed E-state index contributed by atoms with van der Waals surface area (Å²) in [6.45, 7) is 2.05. The molecule has 5 rings (SSSR count). The topological polar surface area (TPSA) is 76.8 Å². The van der Waals surface area contributed by atoms with E-state index in [4.69, 9.17) is 9.15 Å². The zero-order valence-corrected chi connectivity index (χ0v) is 21.9. The van der Waals surface area contributed by atoms with Crippen LogP contribution in [0.4, 0.5) is 10.1 Å². The molecular formula is C27H23BrFNO5S. The number of esters is 1. The van der Waals surface area contributed by atoms with E-state index in [1.807, 2.05) is 30.3 Å². The van der Waals surface area contributed by atoms with Crippen molar-refractivity contribution in [2.24, 2.45) is 0 Å². The van der Waals surface area contributed by atoms with Gasteiger partial charge in [-0.2, -0.15) is 0 Å². The van der Waals surface area contributed by atoms with Gasteiger partial charge in [-0.25, -0.2) is 17.6 Å². The first-order valence-corrected chi connectivity index (χ1v) is 13.5. The number of thiol groups is 1. The predicted molar refractivity (Wildman–Crippen MR) is 140 cm³/mol. The Balaban J connectivity index is 1.70. The Morgan fingerprint density at radius 3 is 2.53 bits per heavy atom. The van der Waals surface area contributed by atoms with E-state index < -0.39 is 22.7 Å². The molecule has 0 saturated heterocycles. The summed E-state index contributed by atoms with van der Waals surface area (Å²) in [5.74, 6) is -0.518. The van der Waals surface area contributed by atoms with Crippen molar-refractivity contribution in [1.29, 1.82) is 0 Å². The lowest BCUT2D eigenvalue weighted by Gasteiger charge is -2.21. The summed E-state index contributed by atoms with van der Waals surface area (Å²) < 4.78 is 52.1. The van der Waals surface area contributed by atoms with Crippen molar-refractivity contribution in [1.82, 2.24) is 0 Å². The monoisotopic (exact) mass is 571 g/mol. The molecule has 6 nitrogen and oxygen atoms in total. The maximum atomic E-state index is 13.6. The standard InChI is InChI=1S/C27H23BrFNO5S/c1-2-34-27(31)25-22-13-21(17-6-7-17)23(30(36(32)33)15-16-4-3-5-19(28)12-16)14-24(22)35-26(25)18-8-10-20(29)11-9-18/h3-5,8-14,17,36H,2,6-7,15H2,1H3. The summed E-state index contributed by atoms with van der Waals surface area (Å²) >= 11 is 3.44. The molecule has 0 unspecified atom stereocenters. The number of hydrogen-bond donors (Lipinski definition) is 1. The fourth-order valence-electron chi connectivity index (χ4n) is 4.34. The minimum Gasteiger partial charge on any atom is -0.462 e. The van der Waals surface area contributed by atoms with Crippen molar-refractivity contribution >= 4 is 49.4 Å². The van der Waals surface area contributed by atoms with E-state index in [0.29, 0.717) is 22.2 Å². The molecule has 186 valence electrons. The lowest BCUT2D eigenvalue weighted by atomic mass is 10.0. The van der Waals surface area contributed by atoms with Crippen LogP contribution in [0.1, 0.15) is 47.2 Å². The van der Waals surface area contributed by atoms with Crippen molar-refractivity contribution in [3.8, 4) is 11.3 Å². The smallest absolute Gasteiger partial charge is 0.342 e. The molecule has 36 heavy (non-hydrogen) atoms. The molecule has 0 spiro atoms. The van der Waals surface area contributed by atoms with Crippen molar-refractivity contribution < 1.29 is 26.8 Å². The summed E-state index contributed by atoms with van der Waals surface area (Å²) in [5.41, 5.74) is 3.31. The zero-order chi connectivity index (χ0) is 25.4. The molecule has 1 aromatic heterocycles. The van der Waals surface area contributed by atoms with Crippen LogP contribution in [-0.4, -0.2) is 21.0 Å². The third-order valence-electron chi connectivity index (χ3n) is 6.14. The van der Waals surface area contributed by atoms with Crippen LogP contribution >= 0.6 is 15.9 Å². The Hall–Kier alpha value is -3.17. The summed E-state index contributed by atoms with van der Waals surface area (Å²) in [7, 11) is -2.97. The summed E-state index contributed by atoms with van der Waals surface area (Å²) in [6, 6.07) is 16.7. The minimum atomic E-state index is -2.97.